The highest BCUT2D eigenvalue weighted by atomic mass is 19.1. The van der Waals surface area contributed by atoms with E-state index in [4.69, 9.17) is 47.0 Å². The number of aryl methyl sites for hydroxylation is 2. The Kier molecular flexibility index (Phi) is 12.7. The van der Waals surface area contributed by atoms with Gasteiger partial charge in [0.1, 0.15) is 17.4 Å². The lowest BCUT2D eigenvalue weighted by atomic mass is 9.94. The third-order valence-electron chi connectivity index (χ3n) is 9.87. The van der Waals surface area contributed by atoms with E-state index < -0.39 is 23.5 Å². The number of phenolic OH excluding ortho intramolecular Hbond substituents is 1. The molecular formula is C46H40F2N8O8. The number of carboxylic acid groups (broad SMARTS) is 1. The molecule has 2 aliphatic heterocycles. The monoisotopic (exact) mass is 870 g/mol. The summed E-state index contributed by atoms with van der Waals surface area (Å²) in [5.41, 5.74) is 29.6. The zero-order valence-electron chi connectivity index (χ0n) is 34.6. The molecule has 0 aliphatic carbocycles. The van der Waals surface area contributed by atoms with Crippen LogP contribution in [0.4, 0.5) is 37.1 Å². The van der Waals surface area contributed by atoms with Crippen molar-refractivity contribution in [1.29, 1.82) is 0 Å². The molecule has 1 atom stereocenters. The van der Waals surface area contributed by atoms with Gasteiger partial charge in [-0.2, -0.15) is 9.97 Å². The van der Waals surface area contributed by atoms with E-state index in [0.717, 1.165) is 34.4 Å². The molecule has 6 aromatic rings. The van der Waals surface area contributed by atoms with Crippen LogP contribution in [0.3, 0.4) is 0 Å². The third-order valence-corrected chi connectivity index (χ3v) is 9.87. The standard InChI is InChI=1S/C24H22N4O5.C22H18F2N4O3/c1-3-19-17(22(25)28-23(26)27-19)9-4-13(2)15-10-18(21-20(11-15)31-12-32-21)14-5-7-16(8-6-14)33-24(29)30;1-2-17-13(21(25)28-22(26)27-17)5-3-4-11-6-14(20-18(7-11)30-10-31-20)12-8-15(23)19(29)16(24)9-12/h5-8,10-11,13H,3,12H2,1-2H3,(H,29,30)(H4,25,26,27,28);6-9,29H,2,4,10H2,1H3,(H4,25,26,27,28). The Labute approximate surface area is 365 Å². The van der Waals surface area contributed by atoms with Crippen LogP contribution in [0.1, 0.15) is 60.3 Å². The van der Waals surface area contributed by atoms with Crippen molar-refractivity contribution >= 4 is 29.7 Å². The smallest absolute Gasteiger partial charge is 0.503 e. The average Bonchev–Trinajstić information content (AvgIpc) is 3.95. The fourth-order valence-electron chi connectivity index (χ4n) is 6.78. The topological polar surface area (TPSA) is 259 Å². The van der Waals surface area contributed by atoms with E-state index in [0.29, 0.717) is 70.3 Å². The molecule has 0 bridgehead atoms. The quantitative estimate of drug-likeness (QED) is 0.0537. The number of nitrogens with zero attached hydrogens (tertiary/aromatic N) is 4. The lowest BCUT2D eigenvalue weighted by Crippen LogP contribution is -2.06. The number of halogens is 2. The van der Waals surface area contributed by atoms with Crippen LogP contribution in [0, 0.1) is 35.3 Å². The van der Waals surface area contributed by atoms with Gasteiger partial charge in [-0.3, -0.25) is 0 Å². The number of phenols is 1. The van der Waals surface area contributed by atoms with Crippen LogP contribution in [-0.4, -0.2) is 49.9 Å². The third kappa shape index (κ3) is 9.51. The first-order chi connectivity index (χ1) is 30.7. The Morgan fingerprint density at radius 1 is 0.750 bits per heavy atom. The van der Waals surface area contributed by atoms with Gasteiger partial charge in [-0.25, -0.2) is 23.5 Å². The molecule has 0 radical (unpaired) electrons. The molecular weight excluding hydrogens is 831 g/mol. The van der Waals surface area contributed by atoms with E-state index >= 15 is 0 Å². The highest BCUT2D eigenvalue weighted by Gasteiger charge is 2.24. The fourth-order valence-corrected chi connectivity index (χ4v) is 6.78. The van der Waals surface area contributed by atoms with Gasteiger partial charge in [0, 0.05) is 23.5 Å². The van der Waals surface area contributed by atoms with Crippen molar-refractivity contribution in [3.05, 3.63) is 106 Å². The highest BCUT2D eigenvalue weighted by molar-refractivity contribution is 5.78. The van der Waals surface area contributed by atoms with Crippen molar-refractivity contribution in [2.75, 3.05) is 36.5 Å². The number of benzene rings is 4. The number of rotatable bonds is 7. The minimum atomic E-state index is -1.37. The molecule has 326 valence electrons. The van der Waals surface area contributed by atoms with E-state index in [1.54, 1.807) is 36.4 Å². The van der Waals surface area contributed by atoms with E-state index in [-0.39, 0.29) is 54.3 Å². The number of ether oxygens (including phenoxy) is 5. The number of anilines is 4. The van der Waals surface area contributed by atoms with Crippen LogP contribution in [-0.2, 0) is 19.3 Å². The average molecular weight is 871 g/mol. The summed E-state index contributed by atoms with van der Waals surface area (Å²) < 4.78 is 54.7. The van der Waals surface area contributed by atoms with Gasteiger partial charge in [0.2, 0.25) is 25.5 Å². The number of aromatic nitrogens is 4. The second-order valence-electron chi connectivity index (χ2n) is 14.1. The second kappa shape index (κ2) is 18.6. The summed E-state index contributed by atoms with van der Waals surface area (Å²) in [5.74, 6) is 11.9. The number of nitrogen functional groups attached to an aromatic ring is 4. The molecule has 64 heavy (non-hydrogen) atoms. The van der Waals surface area contributed by atoms with Gasteiger partial charge in [-0.1, -0.05) is 49.7 Å². The maximum absolute atomic E-state index is 13.9. The normalized spacial score (nSPS) is 12.2. The first-order valence-electron chi connectivity index (χ1n) is 19.6. The zero-order valence-corrected chi connectivity index (χ0v) is 34.6. The van der Waals surface area contributed by atoms with Gasteiger partial charge in [-0.15, -0.1) is 0 Å². The van der Waals surface area contributed by atoms with Crippen molar-refractivity contribution in [3.63, 3.8) is 0 Å². The van der Waals surface area contributed by atoms with E-state index in [9.17, 15) is 18.7 Å². The van der Waals surface area contributed by atoms with Crippen molar-refractivity contribution in [1.82, 2.24) is 19.9 Å². The van der Waals surface area contributed by atoms with Crippen molar-refractivity contribution in [2.24, 2.45) is 0 Å². The largest absolute Gasteiger partial charge is 0.511 e. The predicted molar refractivity (Wildman–Crippen MR) is 233 cm³/mol. The molecule has 16 nitrogen and oxygen atoms in total. The molecule has 18 heteroatoms. The van der Waals surface area contributed by atoms with Crippen LogP contribution in [0.25, 0.3) is 22.3 Å². The number of hydrogen-bond donors (Lipinski definition) is 6. The number of carbonyl (C=O) groups is 1. The molecule has 4 heterocycles. The summed E-state index contributed by atoms with van der Waals surface area (Å²) >= 11 is 0. The summed E-state index contributed by atoms with van der Waals surface area (Å²) in [4.78, 5) is 27.1. The molecule has 8 rings (SSSR count). The Bertz CT molecular complexity index is 2900. The first kappa shape index (κ1) is 43.6. The van der Waals surface area contributed by atoms with Crippen LogP contribution in [0.2, 0.25) is 0 Å². The molecule has 4 aromatic carbocycles. The molecule has 0 amide bonds. The number of aromatic hydroxyl groups is 1. The van der Waals surface area contributed by atoms with Gasteiger partial charge in [0.15, 0.2) is 40.4 Å². The van der Waals surface area contributed by atoms with Gasteiger partial charge in [0.05, 0.1) is 22.5 Å². The lowest BCUT2D eigenvalue weighted by molar-refractivity contribution is 0.144. The minimum Gasteiger partial charge on any atom is -0.503 e. The minimum absolute atomic E-state index is 0.0142. The first-order valence-corrected chi connectivity index (χ1v) is 19.6. The van der Waals surface area contributed by atoms with Gasteiger partial charge >= 0.3 is 6.16 Å². The van der Waals surface area contributed by atoms with Crippen LogP contribution in [0.15, 0.2) is 60.7 Å². The Morgan fingerprint density at radius 2 is 1.30 bits per heavy atom. The highest BCUT2D eigenvalue weighted by Crippen LogP contribution is 2.45. The summed E-state index contributed by atoms with van der Waals surface area (Å²) in [6, 6.07) is 16.1. The fraction of sp³-hybridized carbons (Fsp3) is 0.196. The maximum Gasteiger partial charge on any atom is 0.511 e. The number of fused-ring (bicyclic) bond motifs is 2. The predicted octanol–water partition coefficient (Wildman–Crippen LogP) is 6.99. The number of hydrogen-bond acceptors (Lipinski definition) is 15. The second-order valence-corrected chi connectivity index (χ2v) is 14.1. The number of nitrogens with two attached hydrogens (primary N) is 4. The molecule has 0 saturated heterocycles. The van der Waals surface area contributed by atoms with Crippen molar-refractivity contribution in [3.8, 4) is 80.4 Å². The molecule has 0 spiro atoms. The summed E-state index contributed by atoms with van der Waals surface area (Å²) in [5, 5.41) is 18.2. The Balaban J connectivity index is 0.000000192. The Morgan fingerprint density at radius 3 is 1.86 bits per heavy atom. The van der Waals surface area contributed by atoms with Crippen LogP contribution in [0.5, 0.6) is 34.5 Å². The Hall–Kier alpha value is -8.51. The SMILES string of the molecule is CCc1nc(N)nc(N)c1C#CC(C)c1cc2c(c(-c3ccc(OC(=O)O)cc3)c1)OCO2.CCc1nc(N)nc(N)c1C#CCc1cc2c(c(-c3cc(F)c(O)c(F)c3)c1)OCO2. The summed E-state index contributed by atoms with van der Waals surface area (Å²) in [7, 11) is 0. The van der Waals surface area contributed by atoms with E-state index in [1.807, 2.05) is 32.9 Å². The van der Waals surface area contributed by atoms with E-state index in [2.05, 4.69) is 48.4 Å². The maximum atomic E-state index is 13.9. The molecule has 1 unspecified atom stereocenters. The molecule has 0 fully saturated rings. The van der Waals surface area contributed by atoms with Gasteiger partial charge in [-0.05, 0) is 90.6 Å². The molecule has 10 N–H and O–H groups in total. The lowest BCUT2D eigenvalue weighted by Gasteiger charge is -2.12. The van der Waals surface area contributed by atoms with Gasteiger partial charge < -0.3 is 56.8 Å². The summed E-state index contributed by atoms with van der Waals surface area (Å²) in [6.45, 7) is 5.93. The molecule has 0 saturated carbocycles. The van der Waals surface area contributed by atoms with Crippen LogP contribution >= 0.6 is 0 Å². The molecule has 2 aromatic heterocycles. The van der Waals surface area contributed by atoms with Gasteiger partial charge in [0.25, 0.3) is 0 Å². The van der Waals surface area contributed by atoms with Crippen LogP contribution < -0.4 is 46.6 Å². The zero-order chi connectivity index (χ0) is 45.7. The molecule has 2 aliphatic rings. The van der Waals surface area contributed by atoms with E-state index in [1.165, 1.54) is 0 Å². The summed E-state index contributed by atoms with van der Waals surface area (Å²) in [6.07, 6.45) is 0.144. The van der Waals surface area contributed by atoms with Crippen molar-refractivity contribution < 1.29 is 47.5 Å². The van der Waals surface area contributed by atoms with Crippen molar-refractivity contribution in [2.45, 2.75) is 46.0 Å².